The van der Waals surface area contributed by atoms with Crippen molar-refractivity contribution < 1.29 is 14.4 Å². The lowest BCUT2D eigenvalue weighted by molar-refractivity contribution is -0.128. The van der Waals surface area contributed by atoms with Crippen molar-refractivity contribution in [2.45, 2.75) is 45.8 Å². The zero-order valence-electron chi connectivity index (χ0n) is 19.7. The summed E-state index contributed by atoms with van der Waals surface area (Å²) in [4.78, 5) is 37.3. The van der Waals surface area contributed by atoms with E-state index < -0.39 is 5.60 Å². The van der Waals surface area contributed by atoms with Crippen molar-refractivity contribution in [1.29, 1.82) is 0 Å². The van der Waals surface area contributed by atoms with E-state index in [1.165, 1.54) is 4.90 Å². The Morgan fingerprint density at radius 2 is 1.83 bits per heavy atom. The van der Waals surface area contributed by atoms with Crippen LogP contribution in [0.4, 0.5) is 0 Å². The molecule has 8 heteroatoms. The molecule has 0 bridgehead atoms. The van der Waals surface area contributed by atoms with Crippen LogP contribution in [0.2, 0.25) is 10.0 Å². The van der Waals surface area contributed by atoms with Gasteiger partial charge in [0.1, 0.15) is 0 Å². The van der Waals surface area contributed by atoms with Crippen LogP contribution in [-0.4, -0.2) is 27.4 Å². The Bertz CT molecular complexity index is 1290. The number of benzene rings is 2. The lowest BCUT2D eigenvalue weighted by Crippen LogP contribution is -2.36. The van der Waals surface area contributed by atoms with E-state index in [4.69, 9.17) is 28.0 Å². The number of nitrogens with zero attached hydrogens (tertiary/aromatic N) is 3. The maximum atomic E-state index is 13.4. The summed E-state index contributed by atoms with van der Waals surface area (Å²) in [7, 11) is 0. The third-order valence-corrected chi connectivity index (χ3v) is 6.46. The highest BCUT2D eigenvalue weighted by molar-refractivity contribution is 6.34. The average molecular weight is 510 g/mol. The second-order valence-electron chi connectivity index (χ2n) is 8.68. The molecule has 2 heterocycles. The fraction of sp³-hybridized carbons (Fsp3) is 0.259. The van der Waals surface area contributed by atoms with Crippen LogP contribution in [-0.2, 0) is 21.8 Å². The lowest BCUT2D eigenvalue weighted by Gasteiger charge is -2.22. The van der Waals surface area contributed by atoms with Gasteiger partial charge in [-0.3, -0.25) is 19.5 Å². The molecule has 2 aromatic carbocycles. The molecule has 0 saturated carbocycles. The van der Waals surface area contributed by atoms with Gasteiger partial charge in [-0.05, 0) is 67.4 Å². The van der Waals surface area contributed by atoms with Crippen molar-refractivity contribution >= 4 is 40.7 Å². The van der Waals surface area contributed by atoms with E-state index >= 15 is 0 Å². The number of halogens is 2. The van der Waals surface area contributed by atoms with Crippen LogP contribution in [0, 0.1) is 6.92 Å². The Kier molecular flexibility index (Phi) is 7.24. The van der Waals surface area contributed by atoms with E-state index in [-0.39, 0.29) is 24.8 Å². The molecule has 0 saturated heterocycles. The van der Waals surface area contributed by atoms with Gasteiger partial charge in [0.25, 0.3) is 5.91 Å². The summed E-state index contributed by atoms with van der Waals surface area (Å²) in [6, 6.07) is 16.2. The number of pyridine rings is 1. The number of carbonyl (C=O) groups excluding carboxylic acids is 2. The molecular weight excluding hydrogens is 485 g/mol. The van der Waals surface area contributed by atoms with Crippen LogP contribution < -0.4 is 0 Å². The highest BCUT2D eigenvalue weighted by Crippen LogP contribution is 2.38. The topological polar surface area (TPSA) is 71.9 Å². The number of imide groups is 1. The second kappa shape index (κ2) is 10.2. The largest absolute Gasteiger partial charge is 0.384 e. The number of aromatic nitrogens is 1. The van der Waals surface area contributed by atoms with Crippen molar-refractivity contribution in [2.75, 3.05) is 0 Å². The highest BCUT2D eigenvalue weighted by Gasteiger charge is 2.37. The van der Waals surface area contributed by atoms with E-state index in [1.807, 2.05) is 44.2 Å². The molecule has 0 spiro atoms. The summed E-state index contributed by atoms with van der Waals surface area (Å²) < 4.78 is 0. The average Bonchev–Trinajstić information content (AvgIpc) is 3.25. The Hall–Kier alpha value is -3.22. The number of oxime groups is 1. The SMILES string of the molecule is CCC(=O)N(Cc1ccccn1)C(=O)c1ccc(C2=NOC(C)(c3cc(Cl)cc(Cl)c3)C2)cc1C. The summed E-state index contributed by atoms with van der Waals surface area (Å²) in [6.07, 6.45) is 2.37. The zero-order chi connectivity index (χ0) is 25.2. The number of hydrogen-bond donors (Lipinski definition) is 0. The quantitative estimate of drug-likeness (QED) is 0.389. The molecule has 1 unspecified atom stereocenters. The summed E-state index contributed by atoms with van der Waals surface area (Å²) in [6.45, 7) is 5.63. The molecule has 2 amide bonds. The molecule has 180 valence electrons. The van der Waals surface area contributed by atoms with Gasteiger partial charge in [-0.1, -0.05) is 47.4 Å². The molecule has 1 aromatic heterocycles. The second-order valence-corrected chi connectivity index (χ2v) is 9.56. The Labute approximate surface area is 214 Å². The molecule has 3 aromatic rings. The van der Waals surface area contributed by atoms with Crippen LogP contribution in [0.25, 0.3) is 0 Å². The van der Waals surface area contributed by atoms with Crippen LogP contribution in [0.3, 0.4) is 0 Å². The molecule has 0 N–H and O–H groups in total. The molecule has 0 fully saturated rings. The summed E-state index contributed by atoms with van der Waals surface area (Å²) in [5, 5.41) is 5.37. The van der Waals surface area contributed by atoms with E-state index in [0.29, 0.717) is 27.7 Å². The number of rotatable bonds is 6. The summed E-state index contributed by atoms with van der Waals surface area (Å²) in [5.74, 6) is -0.608. The number of hydrogen-bond acceptors (Lipinski definition) is 5. The minimum absolute atomic E-state index is 0.120. The van der Waals surface area contributed by atoms with Gasteiger partial charge in [0.2, 0.25) is 5.91 Å². The minimum Gasteiger partial charge on any atom is -0.384 e. The van der Waals surface area contributed by atoms with Crippen LogP contribution in [0.5, 0.6) is 0 Å². The van der Waals surface area contributed by atoms with Crippen molar-refractivity contribution in [3.8, 4) is 0 Å². The third-order valence-electron chi connectivity index (χ3n) is 6.02. The Balaban J connectivity index is 1.56. The fourth-order valence-electron chi connectivity index (χ4n) is 4.05. The standard InChI is InChI=1S/C27H25Cl2N3O3/c1-4-25(33)32(16-22-7-5-6-10-30-22)26(34)23-9-8-18(11-17(23)2)24-15-27(3,35-31-24)19-12-20(28)14-21(29)13-19/h5-14H,4,15-16H2,1-3H3. The molecule has 1 atom stereocenters. The number of carbonyl (C=O) groups is 2. The van der Waals surface area contributed by atoms with Gasteiger partial charge >= 0.3 is 0 Å². The summed E-state index contributed by atoms with van der Waals surface area (Å²) in [5.41, 5.74) is 3.56. The predicted molar refractivity (Wildman–Crippen MR) is 137 cm³/mol. The smallest absolute Gasteiger partial charge is 0.261 e. The molecule has 1 aliphatic heterocycles. The maximum Gasteiger partial charge on any atom is 0.261 e. The Morgan fingerprint density at radius 1 is 1.09 bits per heavy atom. The highest BCUT2D eigenvalue weighted by atomic mass is 35.5. The van der Waals surface area contributed by atoms with Crippen LogP contribution in [0.15, 0.2) is 65.9 Å². The van der Waals surface area contributed by atoms with E-state index in [0.717, 1.165) is 22.4 Å². The van der Waals surface area contributed by atoms with Crippen molar-refractivity contribution in [3.05, 3.63) is 98.8 Å². The van der Waals surface area contributed by atoms with Gasteiger partial charge in [-0.15, -0.1) is 0 Å². The first-order valence-corrected chi connectivity index (χ1v) is 12.0. The fourth-order valence-corrected chi connectivity index (χ4v) is 4.58. The van der Waals surface area contributed by atoms with Gasteiger partial charge in [0, 0.05) is 40.2 Å². The van der Waals surface area contributed by atoms with E-state index in [9.17, 15) is 9.59 Å². The first kappa shape index (κ1) is 24.9. The lowest BCUT2D eigenvalue weighted by atomic mass is 9.88. The van der Waals surface area contributed by atoms with Gasteiger partial charge in [-0.2, -0.15) is 0 Å². The number of amides is 2. The van der Waals surface area contributed by atoms with Gasteiger partial charge < -0.3 is 4.84 Å². The van der Waals surface area contributed by atoms with Crippen LogP contribution >= 0.6 is 23.2 Å². The van der Waals surface area contributed by atoms with Gasteiger partial charge in [0.15, 0.2) is 5.60 Å². The minimum atomic E-state index is -0.709. The third kappa shape index (κ3) is 5.39. The predicted octanol–water partition coefficient (Wildman–Crippen LogP) is 6.32. The molecule has 35 heavy (non-hydrogen) atoms. The zero-order valence-corrected chi connectivity index (χ0v) is 21.2. The molecule has 0 aliphatic carbocycles. The van der Waals surface area contributed by atoms with Crippen molar-refractivity contribution in [3.63, 3.8) is 0 Å². The van der Waals surface area contributed by atoms with Crippen molar-refractivity contribution in [1.82, 2.24) is 9.88 Å². The van der Waals surface area contributed by atoms with E-state index in [2.05, 4.69) is 10.1 Å². The normalized spacial score (nSPS) is 17.0. The van der Waals surface area contributed by atoms with E-state index in [1.54, 1.807) is 37.4 Å². The molecule has 6 nitrogen and oxygen atoms in total. The summed E-state index contributed by atoms with van der Waals surface area (Å²) >= 11 is 12.4. The van der Waals surface area contributed by atoms with Crippen molar-refractivity contribution in [2.24, 2.45) is 5.16 Å². The first-order chi connectivity index (χ1) is 16.7. The van der Waals surface area contributed by atoms with Gasteiger partial charge in [-0.25, -0.2) is 0 Å². The molecule has 4 rings (SSSR count). The monoisotopic (exact) mass is 509 g/mol. The first-order valence-electron chi connectivity index (χ1n) is 11.3. The molecule has 1 aliphatic rings. The van der Waals surface area contributed by atoms with Gasteiger partial charge in [0.05, 0.1) is 18.0 Å². The molecular formula is C27H25Cl2N3O3. The number of aryl methyl sites for hydroxylation is 1. The molecule has 0 radical (unpaired) electrons. The Morgan fingerprint density at radius 3 is 2.46 bits per heavy atom. The van der Waals surface area contributed by atoms with Crippen LogP contribution in [0.1, 0.15) is 59.4 Å². The maximum absolute atomic E-state index is 13.4.